The van der Waals surface area contributed by atoms with Crippen LogP contribution in [0.3, 0.4) is 0 Å². The lowest BCUT2D eigenvalue weighted by Crippen LogP contribution is -2.58. The number of primary amides is 1. The van der Waals surface area contributed by atoms with Gasteiger partial charge in [-0.1, -0.05) is 0 Å². The first kappa shape index (κ1) is 13.4. The second kappa shape index (κ2) is 5.31. The highest BCUT2D eigenvalue weighted by Crippen LogP contribution is 2.14. The molecule has 102 valence electrons. The highest BCUT2D eigenvalue weighted by Gasteiger charge is 2.31. The van der Waals surface area contributed by atoms with E-state index in [4.69, 9.17) is 5.73 Å². The Labute approximate surface area is 108 Å². The fourth-order valence-corrected chi connectivity index (χ4v) is 2.00. The van der Waals surface area contributed by atoms with Gasteiger partial charge in [0.25, 0.3) is 5.91 Å². The lowest BCUT2D eigenvalue weighted by molar-refractivity contribution is -0.122. The minimum Gasteiger partial charge on any atom is -0.368 e. The van der Waals surface area contributed by atoms with E-state index in [9.17, 15) is 18.4 Å². The van der Waals surface area contributed by atoms with Crippen molar-refractivity contribution in [1.29, 1.82) is 0 Å². The van der Waals surface area contributed by atoms with Gasteiger partial charge in [-0.25, -0.2) is 8.78 Å². The van der Waals surface area contributed by atoms with Crippen molar-refractivity contribution in [2.45, 2.75) is 6.04 Å². The van der Waals surface area contributed by atoms with Crippen molar-refractivity contribution < 1.29 is 18.4 Å². The van der Waals surface area contributed by atoms with Crippen LogP contribution >= 0.6 is 0 Å². The van der Waals surface area contributed by atoms with Crippen molar-refractivity contribution in [3.05, 3.63) is 35.4 Å². The number of nitrogens with zero attached hydrogens (tertiary/aromatic N) is 1. The molecule has 1 unspecified atom stereocenters. The maximum absolute atomic E-state index is 13.1. The molecule has 1 heterocycles. The molecule has 0 bridgehead atoms. The molecule has 5 nitrogen and oxygen atoms in total. The lowest BCUT2D eigenvalue weighted by atomic mass is 10.1. The van der Waals surface area contributed by atoms with Crippen LogP contribution in [0, 0.1) is 11.6 Å². The van der Waals surface area contributed by atoms with Gasteiger partial charge in [0, 0.05) is 25.2 Å². The van der Waals surface area contributed by atoms with Crippen molar-refractivity contribution in [1.82, 2.24) is 10.2 Å². The Balaban J connectivity index is 2.26. The molecule has 7 heteroatoms. The number of hydrogen-bond acceptors (Lipinski definition) is 3. The predicted octanol–water partition coefficient (Wildman–Crippen LogP) is -0.136. The summed E-state index contributed by atoms with van der Waals surface area (Å²) in [6.07, 6.45) is 0. The summed E-state index contributed by atoms with van der Waals surface area (Å²) in [5.74, 6) is -3.30. The van der Waals surface area contributed by atoms with Crippen LogP contribution in [0.25, 0.3) is 0 Å². The van der Waals surface area contributed by atoms with Crippen LogP contribution in [0.2, 0.25) is 0 Å². The normalized spacial score (nSPS) is 19.3. The van der Waals surface area contributed by atoms with Crippen molar-refractivity contribution in [3.63, 3.8) is 0 Å². The summed E-state index contributed by atoms with van der Waals surface area (Å²) in [5, 5.41) is 2.94. The van der Waals surface area contributed by atoms with Crippen molar-refractivity contribution >= 4 is 11.8 Å². The third kappa shape index (κ3) is 2.70. The minimum absolute atomic E-state index is 0.00736. The molecule has 0 saturated carbocycles. The summed E-state index contributed by atoms with van der Waals surface area (Å²) >= 11 is 0. The number of rotatable bonds is 2. The van der Waals surface area contributed by atoms with Crippen molar-refractivity contribution in [2.75, 3.05) is 19.6 Å². The molecule has 0 radical (unpaired) electrons. The summed E-state index contributed by atoms with van der Waals surface area (Å²) in [4.78, 5) is 24.7. The number of benzene rings is 1. The van der Waals surface area contributed by atoms with Crippen LogP contribution in [0.1, 0.15) is 10.4 Å². The Morgan fingerprint density at radius 1 is 1.32 bits per heavy atom. The lowest BCUT2D eigenvalue weighted by Gasteiger charge is -2.34. The van der Waals surface area contributed by atoms with Crippen LogP contribution in [-0.4, -0.2) is 42.4 Å². The van der Waals surface area contributed by atoms with E-state index in [0.717, 1.165) is 12.1 Å². The largest absolute Gasteiger partial charge is 0.368 e. The quantitative estimate of drug-likeness (QED) is 0.785. The van der Waals surface area contributed by atoms with Crippen molar-refractivity contribution in [2.24, 2.45) is 5.73 Å². The second-order valence-electron chi connectivity index (χ2n) is 4.25. The van der Waals surface area contributed by atoms with E-state index in [1.165, 1.54) is 11.0 Å². The standard InChI is InChI=1S/C12H13F2N3O2/c13-8-2-1-7(5-9(8)14)12(19)17-4-3-16-6-10(17)11(15)18/h1-2,5,10,16H,3-4,6H2,(H2,15,18). The monoisotopic (exact) mass is 269 g/mol. The van der Waals surface area contributed by atoms with Crippen LogP contribution in [0.15, 0.2) is 18.2 Å². The molecule has 3 N–H and O–H groups in total. The molecular weight excluding hydrogens is 256 g/mol. The number of nitrogens with two attached hydrogens (primary N) is 1. The van der Waals surface area contributed by atoms with Gasteiger partial charge in [-0.3, -0.25) is 9.59 Å². The van der Waals surface area contributed by atoms with E-state index >= 15 is 0 Å². The summed E-state index contributed by atoms with van der Waals surface area (Å²) in [6.45, 7) is 1.05. The van der Waals surface area contributed by atoms with Gasteiger partial charge in [0.1, 0.15) is 6.04 Å². The van der Waals surface area contributed by atoms with Gasteiger partial charge < -0.3 is 16.0 Å². The van der Waals surface area contributed by atoms with Crippen LogP contribution in [-0.2, 0) is 4.79 Å². The van der Waals surface area contributed by atoms with Gasteiger partial charge >= 0.3 is 0 Å². The molecule has 1 atom stereocenters. The Morgan fingerprint density at radius 3 is 2.68 bits per heavy atom. The van der Waals surface area contributed by atoms with E-state index in [1.54, 1.807) is 0 Å². The van der Waals surface area contributed by atoms with Crippen molar-refractivity contribution in [3.8, 4) is 0 Å². The highest BCUT2D eigenvalue weighted by molar-refractivity contribution is 5.97. The highest BCUT2D eigenvalue weighted by atomic mass is 19.2. The Hall–Kier alpha value is -2.02. The second-order valence-corrected chi connectivity index (χ2v) is 4.25. The minimum atomic E-state index is -1.10. The number of nitrogens with one attached hydrogen (secondary N) is 1. The SMILES string of the molecule is NC(=O)C1CNCCN1C(=O)c1ccc(F)c(F)c1. The first-order valence-electron chi connectivity index (χ1n) is 5.76. The Morgan fingerprint density at radius 2 is 2.05 bits per heavy atom. The van der Waals surface area contributed by atoms with Gasteiger partial charge in [0.05, 0.1) is 0 Å². The molecule has 0 aliphatic carbocycles. The molecule has 0 spiro atoms. The number of halogens is 2. The average molecular weight is 269 g/mol. The molecule has 1 aliphatic rings. The van der Waals surface area contributed by atoms with E-state index in [2.05, 4.69) is 5.32 Å². The third-order valence-corrected chi connectivity index (χ3v) is 3.00. The third-order valence-electron chi connectivity index (χ3n) is 3.00. The predicted molar refractivity (Wildman–Crippen MR) is 63.2 cm³/mol. The zero-order chi connectivity index (χ0) is 14.0. The van der Waals surface area contributed by atoms with Gasteiger partial charge in [-0.15, -0.1) is 0 Å². The smallest absolute Gasteiger partial charge is 0.254 e. The van der Waals surface area contributed by atoms with Gasteiger partial charge in [-0.2, -0.15) is 0 Å². The summed E-state index contributed by atoms with van der Waals surface area (Å²) in [5.41, 5.74) is 5.21. The average Bonchev–Trinajstić information content (AvgIpc) is 2.41. The van der Waals surface area contributed by atoms with E-state index in [1.807, 2.05) is 0 Å². The topological polar surface area (TPSA) is 75.4 Å². The molecule has 1 fully saturated rings. The van der Waals surface area contributed by atoms with E-state index < -0.39 is 29.5 Å². The fourth-order valence-electron chi connectivity index (χ4n) is 2.00. The number of hydrogen-bond donors (Lipinski definition) is 2. The summed E-state index contributed by atoms with van der Waals surface area (Å²) < 4.78 is 25.9. The first-order chi connectivity index (χ1) is 9.00. The van der Waals surface area contributed by atoms with Gasteiger partial charge in [0.15, 0.2) is 11.6 Å². The zero-order valence-corrected chi connectivity index (χ0v) is 10.0. The molecule has 0 aromatic heterocycles. The number of carbonyl (C=O) groups is 2. The van der Waals surface area contributed by atoms with Gasteiger partial charge in [-0.05, 0) is 18.2 Å². The number of amides is 2. The molecular formula is C12H13F2N3O2. The molecule has 1 aromatic carbocycles. The van der Waals surface area contributed by atoms with E-state index in [-0.39, 0.29) is 18.7 Å². The van der Waals surface area contributed by atoms with Crippen LogP contribution in [0.4, 0.5) is 8.78 Å². The molecule has 2 rings (SSSR count). The Kier molecular flexibility index (Phi) is 3.75. The molecule has 2 amide bonds. The van der Waals surface area contributed by atoms with Crippen LogP contribution in [0.5, 0.6) is 0 Å². The molecule has 1 saturated heterocycles. The van der Waals surface area contributed by atoms with E-state index in [0.29, 0.717) is 6.54 Å². The first-order valence-corrected chi connectivity index (χ1v) is 5.76. The summed E-state index contributed by atoms with van der Waals surface area (Å²) in [7, 11) is 0. The maximum atomic E-state index is 13.1. The Bertz CT molecular complexity index is 522. The molecule has 1 aliphatic heterocycles. The number of piperazine rings is 1. The zero-order valence-electron chi connectivity index (χ0n) is 10.0. The summed E-state index contributed by atoms with van der Waals surface area (Å²) in [6, 6.07) is 2.09. The molecule has 19 heavy (non-hydrogen) atoms. The number of carbonyl (C=O) groups excluding carboxylic acids is 2. The van der Waals surface area contributed by atoms with Gasteiger partial charge in [0.2, 0.25) is 5.91 Å². The molecule has 1 aromatic rings. The van der Waals surface area contributed by atoms with Crippen LogP contribution < -0.4 is 11.1 Å². The fraction of sp³-hybridized carbons (Fsp3) is 0.333. The maximum Gasteiger partial charge on any atom is 0.254 e.